The fourth-order valence-corrected chi connectivity index (χ4v) is 3.06. The Morgan fingerprint density at radius 3 is 2.31 bits per heavy atom. The van der Waals surface area contributed by atoms with Gasteiger partial charge in [-0.25, -0.2) is 5.43 Å². The molecule has 0 aliphatic rings. The van der Waals surface area contributed by atoms with Crippen LogP contribution in [0.15, 0.2) is 52.0 Å². The Hall–Kier alpha value is -2.87. The van der Waals surface area contributed by atoms with Crippen LogP contribution >= 0.6 is 15.9 Å². The second-order valence-electron chi connectivity index (χ2n) is 6.55. The number of amides is 2. The van der Waals surface area contributed by atoms with Crippen molar-refractivity contribution in [3.8, 4) is 11.5 Å². The van der Waals surface area contributed by atoms with Crippen LogP contribution < -0.4 is 20.2 Å². The van der Waals surface area contributed by atoms with E-state index in [4.69, 9.17) is 9.47 Å². The summed E-state index contributed by atoms with van der Waals surface area (Å²) in [6, 6.07) is 11.4. The number of methoxy groups -OCH3 is 2. The smallest absolute Gasteiger partial charge is 0.262 e. The Labute approximate surface area is 178 Å². The molecule has 2 aromatic carbocycles. The van der Waals surface area contributed by atoms with Gasteiger partial charge in [-0.2, -0.15) is 5.10 Å². The van der Waals surface area contributed by atoms with Crippen molar-refractivity contribution in [1.29, 1.82) is 0 Å². The van der Waals surface area contributed by atoms with Crippen LogP contribution in [0.3, 0.4) is 0 Å². The van der Waals surface area contributed by atoms with Crippen molar-refractivity contribution in [3.05, 3.63) is 58.1 Å². The highest BCUT2D eigenvalue weighted by Gasteiger charge is 2.24. The van der Waals surface area contributed by atoms with E-state index in [2.05, 4.69) is 31.8 Å². The van der Waals surface area contributed by atoms with E-state index >= 15 is 0 Å². The van der Waals surface area contributed by atoms with E-state index in [-0.39, 0.29) is 11.8 Å². The number of nitrogens with one attached hydrogen (secondary N) is 2. The number of hydrazone groups is 1. The summed E-state index contributed by atoms with van der Waals surface area (Å²) in [6.07, 6.45) is 1.52. The maximum Gasteiger partial charge on any atom is 0.262 e. The number of rotatable bonds is 8. The second-order valence-corrected chi connectivity index (χ2v) is 7.41. The van der Waals surface area contributed by atoms with Gasteiger partial charge in [0.15, 0.2) is 0 Å². The summed E-state index contributed by atoms with van der Waals surface area (Å²) in [5.74, 6) is 0.490. The number of ether oxygens (including phenoxy) is 2. The highest BCUT2D eigenvalue weighted by molar-refractivity contribution is 9.10. The molecule has 29 heavy (non-hydrogen) atoms. The van der Waals surface area contributed by atoms with E-state index in [1.807, 2.05) is 26.0 Å². The van der Waals surface area contributed by atoms with E-state index in [1.165, 1.54) is 6.21 Å². The largest absolute Gasteiger partial charge is 0.497 e. The Morgan fingerprint density at radius 2 is 1.76 bits per heavy atom. The summed E-state index contributed by atoms with van der Waals surface area (Å²) in [4.78, 5) is 25.0. The van der Waals surface area contributed by atoms with Gasteiger partial charge < -0.3 is 14.8 Å². The normalized spacial score (nSPS) is 11.9. The van der Waals surface area contributed by atoms with Crippen LogP contribution in [0.2, 0.25) is 0 Å². The van der Waals surface area contributed by atoms with Crippen LogP contribution in [0.1, 0.15) is 29.8 Å². The van der Waals surface area contributed by atoms with Crippen LogP contribution in [0.4, 0.5) is 0 Å². The van der Waals surface area contributed by atoms with Gasteiger partial charge in [0.1, 0.15) is 17.5 Å². The first-order valence-corrected chi connectivity index (χ1v) is 9.76. The lowest BCUT2D eigenvalue weighted by Gasteiger charge is -2.20. The van der Waals surface area contributed by atoms with Crippen molar-refractivity contribution >= 4 is 34.0 Å². The molecule has 0 aromatic heterocycles. The molecule has 154 valence electrons. The monoisotopic (exact) mass is 461 g/mol. The summed E-state index contributed by atoms with van der Waals surface area (Å²) in [5, 5.41) is 6.74. The van der Waals surface area contributed by atoms with Crippen molar-refractivity contribution in [2.24, 2.45) is 11.0 Å². The molecule has 0 heterocycles. The lowest BCUT2D eigenvalue weighted by molar-refractivity contribution is -0.123. The van der Waals surface area contributed by atoms with Crippen LogP contribution in [0.5, 0.6) is 11.5 Å². The highest BCUT2D eigenvalue weighted by Crippen LogP contribution is 2.24. The average Bonchev–Trinajstić information content (AvgIpc) is 2.71. The number of halogens is 1. The Bertz CT molecular complexity index is 882. The third-order valence-electron chi connectivity index (χ3n) is 4.15. The lowest BCUT2D eigenvalue weighted by Crippen LogP contribution is -2.48. The minimum atomic E-state index is -0.732. The van der Waals surface area contributed by atoms with Crippen LogP contribution in [0, 0.1) is 5.92 Å². The van der Waals surface area contributed by atoms with Gasteiger partial charge in [-0.1, -0.05) is 13.8 Å². The Morgan fingerprint density at radius 1 is 1.07 bits per heavy atom. The molecule has 2 N–H and O–H groups in total. The number of hydrogen-bond acceptors (Lipinski definition) is 5. The first-order valence-electron chi connectivity index (χ1n) is 8.97. The summed E-state index contributed by atoms with van der Waals surface area (Å²) in [6.45, 7) is 3.70. The molecule has 0 saturated heterocycles. The predicted octanol–water partition coefficient (Wildman–Crippen LogP) is 3.37. The van der Waals surface area contributed by atoms with Crippen LogP contribution in [0.25, 0.3) is 0 Å². The summed E-state index contributed by atoms with van der Waals surface area (Å²) >= 11 is 3.40. The second kappa shape index (κ2) is 10.6. The van der Waals surface area contributed by atoms with Gasteiger partial charge >= 0.3 is 0 Å². The van der Waals surface area contributed by atoms with Gasteiger partial charge in [0.25, 0.3) is 11.8 Å². The number of hydrogen-bond donors (Lipinski definition) is 2. The van der Waals surface area contributed by atoms with Crippen molar-refractivity contribution in [2.45, 2.75) is 19.9 Å². The number of nitrogens with zero attached hydrogens (tertiary/aromatic N) is 1. The zero-order valence-corrected chi connectivity index (χ0v) is 18.3. The quantitative estimate of drug-likeness (QED) is 0.465. The Kier molecular flexibility index (Phi) is 8.21. The third-order valence-corrected chi connectivity index (χ3v) is 4.77. The van der Waals surface area contributed by atoms with E-state index in [9.17, 15) is 9.59 Å². The summed E-state index contributed by atoms with van der Waals surface area (Å²) in [7, 11) is 3.14. The first-order chi connectivity index (χ1) is 13.8. The number of carbonyl (C=O) groups excluding carboxylic acids is 2. The van der Waals surface area contributed by atoms with Gasteiger partial charge in [0.05, 0.1) is 24.9 Å². The molecular formula is C21H24BrN3O4. The van der Waals surface area contributed by atoms with Crippen molar-refractivity contribution in [3.63, 3.8) is 0 Å². The van der Waals surface area contributed by atoms with Crippen LogP contribution in [-0.4, -0.2) is 38.3 Å². The van der Waals surface area contributed by atoms with Crippen molar-refractivity contribution in [2.75, 3.05) is 14.2 Å². The van der Waals surface area contributed by atoms with E-state index in [1.54, 1.807) is 44.6 Å². The SMILES string of the molecule is COc1ccc(C(=O)NC(C(=O)NN=Cc2ccc(OC)c(Br)c2)C(C)C)cc1. The minimum absolute atomic E-state index is 0.123. The maximum atomic E-state index is 12.5. The standard InChI is InChI=1S/C21H24BrN3O4/c1-13(2)19(24-20(26)15-6-8-16(28-3)9-7-15)21(27)25-23-12-14-5-10-18(29-4)17(22)11-14/h5-13,19H,1-4H3,(H,24,26)(H,25,27). The molecule has 0 spiro atoms. The van der Waals surface area contributed by atoms with Gasteiger partial charge in [0, 0.05) is 5.56 Å². The first kappa shape index (κ1) is 22.4. The van der Waals surface area contributed by atoms with Gasteiger partial charge in [-0.05, 0) is 69.9 Å². The van der Waals surface area contributed by atoms with Gasteiger partial charge in [-0.3, -0.25) is 9.59 Å². The van der Waals surface area contributed by atoms with E-state index in [0.717, 1.165) is 10.0 Å². The molecule has 0 radical (unpaired) electrons. The number of benzene rings is 2. The van der Waals surface area contributed by atoms with Gasteiger partial charge in [0.2, 0.25) is 0 Å². The molecule has 0 aliphatic heterocycles. The Balaban J connectivity index is 2.01. The maximum absolute atomic E-state index is 12.5. The minimum Gasteiger partial charge on any atom is -0.497 e. The molecule has 1 unspecified atom stereocenters. The molecule has 0 aliphatic carbocycles. The van der Waals surface area contributed by atoms with E-state index in [0.29, 0.717) is 17.1 Å². The zero-order chi connectivity index (χ0) is 21.4. The molecule has 0 saturated carbocycles. The van der Waals surface area contributed by atoms with Crippen molar-refractivity contribution < 1.29 is 19.1 Å². The molecule has 8 heteroatoms. The third kappa shape index (κ3) is 6.32. The zero-order valence-electron chi connectivity index (χ0n) is 16.7. The van der Waals surface area contributed by atoms with Crippen molar-refractivity contribution in [1.82, 2.24) is 10.7 Å². The molecule has 2 rings (SSSR count). The lowest BCUT2D eigenvalue weighted by atomic mass is 10.0. The van der Waals surface area contributed by atoms with Crippen LogP contribution in [-0.2, 0) is 4.79 Å². The fraction of sp³-hybridized carbons (Fsp3) is 0.286. The molecular weight excluding hydrogens is 438 g/mol. The van der Waals surface area contributed by atoms with E-state index < -0.39 is 11.9 Å². The molecule has 2 amide bonds. The molecule has 1 atom stereocenters. The number of carbonyl (C=O) groups is 2. The molecule has 0 bridgehead atoms. The highest BCUT2D eigenvalue weighted by atomic mass is 79.9. The summed E-state index contributed by atoms with van der Waals surface area (Å²) < 4.78 is 11.0. The predicted molar refractivity (Wildman–Crippen MR) is 116 cm³/mol. The molecule has 7 nitrogen and oxygen atoms in total. The topological polar surface area (TPSA) is 89.0 Å². The molecule has 0 fully saturated rings. The van der Waals surface area contributed by atoms with Gasteiger partial charge in [-0.15, -0.1) is 0 Å². The molecule has 2 aromatic rings. The fourth-order valence-electron chi connectivity index (χ4n) is 2.50. The average molecular weight is 462 g/mol. The summed E-state index contributed by atoms with van der Waals surface area (Å²) in [5.41, 5.74) is 3.70.